The van der Waals surface area contributed by atoms with Gasteiger partial charge in [0.1, 0.15) is 17.1 Å². The summed E-state index contributed by atoms with van der Waals surface area (Å²) in [6.07, 6.45) is 5.70. The predicted octanol–water partition coefficient (Wildman–Crippen LogP) is 3.75. The molecule has 2 aliphatic heterocycles. The molecule has 1 saturated heterocycles. The Balaban J connectivity index is 0.986. The first-order valence-corrected chi connectivity index (χ1v) is 17.6. The molecule has 7 rings (SSSR count). The normalized spacial score (nSPS) is 17.0. The van der Waals surface area contributed by atoms with Gasteiger partial charge in [0.05, 0.1) is 11.1 Å². The van der Waals surface area contributed by atoms with Crippen LogP contribution in [-0.4, -0.2) is 64.0 Å². The Hall–Kier alpha value is -5.30. The zero-order valence-electron chi connectivity index (χ0n) is 27.5. The molecule has 13 heteroatoms. The molecule has 1 fully saturated rings. The van der Waals surface area contributed by atoms with E-state index in [4.69, 9.17) is 10.5 Å². The standard InChI is InChI=1S/C37H38N6O6S/c38-28(20-44)29(21-45)43-13-9-25-7-6-24(16-26(25)19-43)18-39-34(47)32-40-33(46)31-27-8-10-37(17-30(27)50-35(31)41-32)11-14-42(15-12-37)36(48)49-22-23-4-2-1-3-5-23/h1-7,16,20-21H,8-15,17-19,22,38H2,(H,39,47)(H,40,41,46)/b29-28-. The summed E-state index contributed by atoms with van der Waals surface area (Å²) in [6, 6.07) is 15.5. The number of thiophene rings is 1. The highest BCUT2D eigenvalue weighted by molar-refractivity contribution is 7.18. The third kappa shape index (κ3) is 6.65. The summed E-state index contributed by atoms with van der Waals surface area (Å²) in [5, 5.41) is 3.44. The molecule has 4 aromatic rings. The van der Waals surface area contributed by atoms with Crippen LogP contribution in [0.2, 0.25) is 0 Å². The Morgan fingerprint density at radius 1 is 0.980 bits per heavy atom. The molecule has 2 amide bonds. The largest absolute Gasteiger partial charge is 0.445 e. The van der Waals surface area contributed by atoms with Crippen molar-refractivity contribution in [3.63, 3.8) is 0 Å². The molecule has 12 nitrogen and oxygen atoms in total. The number of carbonyl (C=O) groups excluding carboxylic acids is 4. The van der Waals surface area contributed by atoms with Gasteiger partial charge in [-0.15, -0.1) is 11.3 Å². The van der Waals surface area contributed by atoms with Crippen LogP contribution in [0.25, 0.3) is 10.2 Å². The molecule has 0 unspecified atom stereocenters. The van der Waals surface area contributed by atoms with Crippen LogP contribution >= 0.6 is 11.3 Å². The number of aldehydes is 2. The van der Waals surface area contributed by atoms with Crippen LogP contribution in [0.3, 0.4) is 0 Å². The number of allylic oxidation sites excluding steroid dienone is 2. The number of aromatic amines is 1. The van der Waals surface area contributed by atoms with Gasteiger partial charge in [0.15, 0.2) is 12.6 Å². The smallest absolute Gasteiger partial charge is 0.410 e. The van der Waals surface area contributed by atoms with E-state index in [0.717, 1.165) is 64.8 Å². The molecule has 0 atom stereocenters. The van der Waals surface area contributed by atoms with Gasteiger partial charge in [0.25, 0.3) is 11.5 Å². The Labute approximate surface area is 292 Å². The summed E-state index contributed by atoms with van der Waals surface area (Å²) < 4.78 is 5.56. The highest BCUT2D eigenvalue weighted by atomic mass is 32.1. The molecule has 1 spiro atoms. The van der Waals surface area contributed by atoms with Crippen molar-refractivity contribution in [2.24, 2.45) is 11.1 Å². The maximum Gasteiger partial charge on any atom is 0.410 e. The molecule has 50 heavy (non-hydrogen) atoms. The number of benzene rings is 2. The molecule has 4 heterocycles. The lowest BCUT2D eigenvalue weighted by Gasteiger charge is -2.43. The van der Waals surface area contributed by atoms with Crippen molar-refractivity contribution in [3.8, 4) is 0 Å². The SMILES string of the molecule is N/C(C=O)=C(/C=O)N1CCc2ccc(CNC(=O)c3nc4sc5c(c4c(=O)[nH]3)CCC3(CCN(C(=O)OCc4ccccc4)CC3)C5)cc2C1. The lowest BCUT2D eigenvalue weighted by molar-refractivity contribution is -0.108. The maximum atomic E-state index is 13.3. The first-order chi connectivity index (χ1) is 24.3. The summed E-state index contributed by atoms with van der Waals surface area (Å²) in [6.45, 7) is 2.70. The topological polar surface area (TPSA) is 168 Å². The van der Waals surface area contributed by atoms with E-state index in [1.54, 1.807) is 9.80 Å². The van der Waals surface area contributed by atoms with Crippen molar-refractivity contribution in [2.75, 3.05) is 19.6 Å². The Morgan fingerprint density at radius 2 is 1.78 bits per heavy atom. The quantitative estimate of drug-likeness (QED) is 0.184. The number of nitrogens with zero attached hydrogens (tertiary/aromatic N) is 3. The molecule has 1 aliphatic carbocycles. The molecular weight excluding hydrogens is 657 g/mol. The maximum absolute atomic E-state index is 13.3. The van der Waals surface area contributed by atoms with Crippen LogP contribution in [0.4, 0.5) is 4.79 Å². The number of rotatable bonds is 8. The molecule has 0 radical (unpaired) electrons. The zero-order valence-corrected chi connectivity index (χ0v) is 28.4. The van der Waals surface area contributed by atoms with Crippen molar-refractivity contribution >= 4 is 46.1 Å². The summed E-state index contributed by atoms with van der Waals surface area (Å²) in [5.41, 5.74) is 10.5. The predicted molar refractivity (Wildman–Crippen MR) is 187 cm³/mol. The molecule has 3 aliphatic rings. The number of nitrogens with one attached hydrogen (secondary N) is 2. The number of piperidine rings is 1. The van der Waals surface area contributed by atoms with Gasteiger partial charge in [0.2, 0.25) is 5.82 Å². The number of H-pyrrole nitrogens is 1. The Kier molecular flexibility index (Phi) is 9.23. The van der Waals surface area contributed by atoms with Gasteiger partial charge in [-0.05, 0) is 71.8 Å². The lowest BCUT2D eigenvalue weighted by atomic mass is 9.68. The van der Waals surface area contributed by atoms with E-state index in [9.17, 15) is 24.0 Å². The molecule has 2 aromatic heterocycles. The van der Waals surface area contributed by atoms with Gasteiger partial charge >= 0.3 is 6.09 Å². The van der Waals surface area contributed by atoms with Crippen molar-refractivity contribution in [1.29, 1.82) is 0 Å². The van der Waals surface area contributed by atoms with Gasteiger partial charge in [-0.25, -0.2) is 9.78 Å². The minimum Gasteiger partial charge on any atom is -0.445 e. The minimum atomic E-state index is -0.484. The van der Waals surface area contributed by atoms with Gasteiger partial charge < -0.3 is 30.6 Å². The van der Waals surface area contributed by atoms with Crippen LogP contribution < -0.4 is 16.6 Å². The number of aryl methyl sites for hydroxylation is 1. The molecular formula is C37H38N6O6S. The second-order valence-electron chi connectivity index (χ2n) is 13.3. The second-order valence-corrected chi connectivity index (χ2v) is 14.4. The van der Waals surface area contributed by atoms with Crippen molar-refractivity contribution in [2.45, 2.75) is 58.2 Å². The number of fused-ring (bicyclic) bond motifs is 4. The third-order valence-corrected chi connectivity index (χ3v) is 11.4. The second kappa shape index (κ2) is 13.9. The van der Waals surface area contributed by atoms with E-state index >= 15 is 0 Å². The number of aromatic nitrogens is 2. The molecule has 2 aromatic carbocycles. The Morgan fingerprint density at radius 3 is 2.54 bits per heavy atom. The van der Waals surface area contributed by atoms with Crippen LogP contribution in [-0.2, 0) is 53.3 Å². The highest BCUT2D eigenvalue weighted by Crippen LogP contribution is 2.47. The number of ether oxygens (including phenoxy) is 1. The fourth-order valence-corrected chi connectivity index (χ4v) is 8.82. The average Bonchev–Trinajstić information content (AvgIpc) is 3.51. The minimum absolute atomic E-state index is 0.0348. The molecule has 258 valence electrons. The number of hydrogen-bond donors (Lipinski definition) is 3. The number of nitrogens with two attached hydrogens (primary N) is 1. The van der Waals surface area contributed by atoms with Crippen LogP contribution in [0.5, 0.6) is 0 Å². The first kappa shape index (κ1) is 33.2. The summed E-state index contributed by atoms with van der Waals surface area (Å²) in [4.78, 5) is 74.6. The van der Waals surface area contributed by atoms with E-state index in [-0.39, 0.29) is 47.4 Å². The van der Waals surface area contributed by atoms with Gasteiger partial charge in [-0.1, -0.05) is 48.5 Å². The van der Waals surface area contributed by atoms with E-state index in [2.05, 4.69) is 15.3 Å². The summed E-state index contributed by atoms with van der Waals surface area (Å²) >= 11 is 1.48. The van der Waals surface area contributed by atoms with Crippen LogP contribution in [0.1, 0.15) is 62.6 Å². The van der Waals surface area contributed by atoms with E-state index in [1.165, 1.54) is 11.3 Å². The number of amides is 2. The molecule has 0 saturated carbocycles. The highest BCUT2D eigenvalue weighted by Gasteiger charge is 2.40. The monoisotopic (exact) mass is 694 g/mol. The van der Waals surface area contributed by atoms with Crippen molar-refractivity contribution in [1.82, 2.24) is 25.1 Å². The van der Waals surface area contributed by atoms with Crippen molar-refractivity contribution in [3.05, 3.63) is 109 Å². The third-order valence-electron chi connectivity index (χ3n) is 10.3. The first-order valence-electron chi connectivity index (χ1n) is 16.8. The van der Waals surface area contributed by atoms with Crippen molar-refractivity contribution < 1.29 is 23.9 Å². The van der Waals surface area contributed by atoms with Gasteiger partial charge in [-0.2, -0.15) is 0 Å². The van der Waals surface area contributed by atoms with Gasteiger partial charge in [-0.3, -0.25) is 19.2 Å². The van der Waals surface area contributed by atoms with E-state index < -0.39 is 5.91 Å². The average molecular weight is 695 g/mol. The number of likely N-dealkylation sites (tertiary alicyclic amines) is 1. The summed E-state index contributed by atoms with van der Waals surface area (Å²) in [5.74, 6) is -0.519. The zero-order chi connectivity index (χ0) is 34.8. The number of carbonyl (C=O) groups is 4. The number of hydrogen-bond acceptors (Lipinski definition) is 10. The Bertz CT molecular complexity index is 2060. The summed E-state index contributed by atoms with van der Waals surface area (Å²) in [7, 11) is 0. The lowest BCUT2D eigenvalue weighted by Crippen LogP contribution is -2.45. The fourth-order valence-electron chi connectivity index (χ4n) is 7.42. The van der Waals surface area contributed by atoms with Crippen LogP contribution in [0, 0.1) is 5.41 Å². The van der Waals surface area contributed by atoms with E-state index in [1.807, 2.05) is 48.5 Å². The van der Waals surface area contributed by atoms with Crippen LogP contribution in [0.15, 0.2) is 64.7 Å². The van der Waals surface area contributed by atoms with Gasteiger partial charge in [0, 0.05) is 37.6 Å². The van der Waals surface area contributed by atoms with E-state index in [0.29, 0.717) is 55.4 Å². The molecule has 0 bridgehead atoms. The fraction of sp³-hybridized carbons (Fsp3) is 0.351. The molecule has 4 N–H and O–H groups in total.